The van der Waals surface area contributed by atoms with Gasteiger partial charge in [-0.1, -0.05) is 0 Å². The van der Waals surface area contributed by atoms with Crippen molar-refractivity contribution in [2.24, 2.45) is 0 Å². The van der Waals surface area contributed by atoms with E-state index in [9.17, 15) is 14.0 Å². The Bertz CT molecular complexity index is 1080. The second kappa shape index (κ2) is 7.49. The average molecular weight is 370 g/mol. The Morgan fingerprint density at radius 2 is 1.85 bits per heavy atom. The summed E-state index contributed by atoms with van der Waals surface area (Å²) < 4.78 is 25.7. The van der Waals surface area contributed by atoms with E-state index in [1.165, 1.54) is 32.5 Å². The molecule has 1 amide bonds. The molecule has 0 saturated heterocycles. The van der Waals surface area contributed by atoms with Crippen LogP contribution in [0, 0.1) is 5.82 Å². The summed E-state index contributed by atoms with van der Waals surface area (Å²) in [5, 5.41) is 2.84. The fourth-order valence-corrected chi connectivity index (χ4v) is 2.91. The Hall–Kier alpha value is -3.35. The van der Waals surface area contributed by atoms with Crippen LogP contribution in [0.15, 0.2) is 47.4 Å². The van der Waals surface area contributed by atoms with Crippen LogP contribution in [0.3, 0.4) is 0 Å². The first-order chi connectivity index (χ1) is 13.0. The van der Waals surface area contributed by atoms with Gasteiger partial charge in [0.15, 0.2) is 11.5 Å². The fourth-order valence-electron chi connectivity index (χ4n) is 2.91. The molecule has 0 atom stereocenters. The van der Waals surface area contributed by atoms with Crippen molar-refractivity contribution in [3.8, 4) is 11.5 Å². The van der Waals surface area contributed by atoms with Crippen molar-refractivity contribution in [1.29, 1.82) is 0 Å². The molecular formula is C20H19FN2O4. The molecule has 2 aromatic carbocycles. The summed E-state index contributed by atoms with van der Waals surface area (Å²) in [5.41, 5.74) is 0.433. The van der Waals surface area contributed by atoms with Gasteiger partial charge in [0.25, 0.3) is 5.91 Å². The number of pyridine rings is 1. The van der Waals surface area contributed by atoms with Crippen molar-refractivity contribution in [2.75, 3.05) is 19.5 Å². The maximum Gasteiger partial charge on any atom is 0.261 e. The number of aromatic nitrogens is 1. The first-order valence-corrected chi connectivity index (χ1v) is 8.34. The lowest BCUT2D eigenvalue weighted by atomic mass is 10.1. The molecule has 0 saturated carbocycles. The Labute approximate surface area is 155 Å². The molecule has 0 aliphatic carbocycles. The van der Waals surface area contributed by atoms with Crippen LogP contribution in [0.4, 0.5) is 10.1 Å². The number of halogens is 1. The number of fused-ring (bicyclic) bond motifs is 1. The van der Waals surface area contributed by atoms with Gasteiger partial charge in [0, 0.05) is 29.9 Å². The lowest BCUT2D eigenvalue weighted by Gasteiger charge is -2.13. The average Bonchev–Trinajstić information content (AvgIpc) is 2.68. The number of ether oxygens (including phenoxy) is 2. The van der Waals surface area contributed by atoms with Crippen LogP contribution >= 0.6 is 0 Å². The fraction of sp³-hybridized carbons (Fsp3) is 0.200. The predicted molar refractivity (Wildman–Crippen MR) is 101 cm³/mol. The quantitative estimate of drug-likeness (QED) is 0.747. The molecule has 0 unspecified atom stereocenters. The summed E-state index contributed by atoms with van der Waals surface area (Å²) in [7, 11) is 3.00. The summed E-state index contributed by atoms with van der Waals surface area (Å²) in [6, 6.07) is 8.85. The zero-order valence-corrected chi connectivity index (χ0v) is 15.2. The van der Waals surface area contributed by atoms with E-state index in [1.807, 2.05) is 6.92 Å². The second-order valence-corrected chi connectivity index (χ2v) is 5.84. The Morgan fingerprint density at radius 1 is 1.11 bits per heavy atom. The largest absolute Gasteiger partial charge is 0.493 e. The molecule has 1 heterocycles. The molecular weight excluding hydrogens is 351 g/mol. The minimum atomic E-state index is -0.583. The van der Waals surface area contributed by atoms with Gasteiger partial charge in [-0.3, -0.25) is 9.59 Å². The third-order valence-corrected chi connectivity index (χ3v) is 4.27. The molecule has 0 radical (unpaired) electrons. The number of hydrogen-bond acceptors (Lipinski definition) is 4. The molecule has 3 rings (SSSR count). The standard InChI is InChI=1S/C20H19FN2O4/c1-4-23-11-15(19(24)14-9-12(21)5-7-16(14)23)20(25)22-13-6-8-17(26-2)18(10-13)27-3/h5-11H,4H2,1-3H3,(H,22,25). The van der Waals surface area contributed by atoms with E-state index in [0.29, 0.717) is 29.2 Å². The minimum absolute atomic E-state index is 0.0651. The predicted octanol–water partition coefficient (Wildman–Crippen LogP) is 3.43. The number of nitrogens with one attached hydrogen (secondary N) is 1. The molecule has 0 bridgehead atoms. The van der Waals surface area contributed by atoms with Crippen LogP contribution in [0.2, 0.25) is 0 Å². The van der Waals surface area contributed by atoms with Gasteiger partial charge in [0.05, 0.1) is 19.7 Å². The van der Waals surface area contributed by atoms with E-state index in [-0.39, 0.29) is 10.9 Å². The first-order valence-electron chi connectivity index (χ1n) is 8.34. The van der Waals surface area contributed by atoms with Gasteiger partial charge in [-0.2, -0.15) is 0 Å². The number of nitrogens with zero attached hydrogens (tertiary/aromatic N) is 1. The van der Waals surface area contributed by atoms with Crippen molar-refractivity contribution in [2.45, 2.75) is 13.5 Å². The maximum atomic E-state index is 13.6. The van der Waals surface area contributed by atoms with E-state index in [1.54, 1.807) is 22.8 Å². The smallest absolute Gasteiger partial charge is 0.261 e. The van der Waals surface area contributed by atoms with Crippen LogP contribution in [0.25, 0.3) is 10.9 Å². The van der Waals surface area contributed by atoms with Crippen molar-refractivity contribution in [1.82, 2.24) is 4.57 Å². The van der Waals surface area contributed by atoms with Gasteiger partial charge in [-0.05, 0) is 37.3 Å². The first kappa shape index (κ1) is 18.4. The summed E-state index contributed by atoms with van der Waals surface area (Å²) >= 11 is 0. The van der Waals surface area contributed by atoms with Crippen LogP contribution in [-0.2, 0) is 6.54 Å². The van der Waals surface area contributed by atoms with E-state index in [4.69, 9.17) is 9.47 Å². The van der Waals surface area contributed by atoms with Gasteiger partial charge >= 0.3 is 0 Å². The molecule has 27 heavy (non-hydrogen) atoms. The number of carbonyl (C=O) groups is 1. The van der Waals surface area contributed by atoms with Gasteiger partial charge < -0.3 is 19.4 Å². The number of methoxy groups -OCH3 is 2. The number of carbonyl (C=O) groups excluding carboxylic acids is 1. The molecule has 7 heteroatoms. The van der Waals surface area contributed by atoms with E-state index < -0.39 is 17.2 Å². The number of benzene rings is 2. The van der Waals surface area contributed by atoms with E-state index in [0.717, 1.165) is 6.07 Å². The Balaban J connectivity index is 2.03. The Kier molecular flexibility index (Phi) is 5.12. The molecule has 140 valence electrons. The highest BCUT2D eigenvalue weighted by Gasteiger charge is 2.16. The SMILES string of the molecule is CCn1cc(C(=O)Nc2ccc(OC)c(OC)c2)c(=O)c2cc(F)ccc21. The third kappa shape index (κ3) is 3.48. The summed E-state index contributed by atoms with van der Waals surface area (Å²) in [6.07, 6.45) is 1.48. The Morgan fingerprint density at radius 3 is 2.52 bits per heavy atom. The van der Waals surface area contributed by atoms with Crippen molar-refractivity contribution in [3.63, 3.8) is 0 Å². The molecule has 6 nitrogen and oxygen atoms in total. The lowest BCUT2D eigenvalue weighted by molar-refractivity contribution is 0.102. The van der Waals surface area contributed by atoms with Crippen LogP contribution in [0.1, 0.15) is 17.3 Å². The monoisotopic (exact) mass is 370 g/mol. The minimum Gasteiger partial charge on any atom is -0.493 e. The topological polar surface area (TPSA) is 69.6 Å². The highest BCUT2D eigenvalue weighted by atomic mass is 19.1. The van der Waals surface area contributed by atoms with Gasteiger partial charge in [0.1, 0.15) is 11.4 Å². The van der Waals surface area contributed by atoms with Crippen molar-refractivity contribution < 1.29 is 18.7 Å². The van der Waals surface area contributed by atoms with Crippen LogP contribution < -0.4 is 20.2 Å². The van der Waals surface area contributed by atoms with Gasteiger partial charge in [0.2, 0.25) is 5.43 Å². The zero-order chi connectivity index (χ0) is 19.6. The summed E-state index contributed by atoms with van der Waals surface area (Å²) in [6.45, 7) is 2.41. The summed E-state index contributed by atoms with van der Waals surface area (Å²) in [4.78, 5) is 25.4. The van der Waals surface area contributed by atoms with Crippen LogP contribution in [-0.4, -0.2) is 24.7 Å². The van der Waals surface area contributed by atoms with Crippen molar-refractivity contribution >= 4 is 22.5 Å². The number of amides is 1. The molecule has 3 aromatic rings. The molecule has 0 aliphatic heterocycles. The third-order valence-electron chi connectivity index (χ3n) is 4.27. The number of rotatable bonds is 5. The number of hydrogen-bond donors (Lipinski definition) is 1. The maximum absolute atomic E-state index is 13.6. The van der Waals surface area contributed by atoms with Crippen LogP contribution in [0.5, 0.6) is 11.5 Å². The lowest BCUT2D eigenvalue weighted by Crippen LogP contribution is -2.24. The molecule has 1 aromatic heterocycles. The number of aryl methyl sites for hydroxylation is 1. The molecule has 0 aliphatic rings. The molecule has 1 N–H and O–H groups in total. The highest BCUT2D eigenvalue weighted by molar-refractivity contribution is 6.05. The molecule has 0 spiro atoms. The highest BCUT2D eigenvalue weighted by Crippen LogP contribution is 2.29. The van der Waals surface area contributed by atoms with Gasteiger partial charge in [-0.15, -0.1) is 0 Å². The number of anilines is 1. The summed E-state index contributed by atoms with van der Waals surface area (Å²) in [5.74, 6) is -0.146. The normalized spacial score (nSPS) is 10.7. The van der Waals surface area contributed by atoms with Crippen molar-refractivity contribution in [3.05, 3.63) is 64.2 Å². The second-order valence-electron chi connectivity index (χ2n) is 5.84. The van der Waals surface area contributed by atoms with Gasteiger partial charge in [-0.25, -0.2) is 4.39 Å². The zero-order valence-electron chi connectivity index (χ0n) is 15.2. The van der Waals surface area contributed by atoms with E-state index in [2.05, 4.69) is 5.32 Å². The molecule has 0 fully saturated rings. The van der Waals surface area contributed by atoms with E-state index >= 15 is 0 Å².